The molecular weight excluding hydrogens is 304 g/mol. The van der Waals surface area contributed by atoms with Gasteiger partial charge < -0.3 is 23.4 Å². The second kappa shape index (κ2) is 5.68. The van der Waals surface area contributed by atoms with Crippen LogP contribution >= 0.6 is 0 Å². The lowest BCUT2D eigenvalue weighted by atomic mass is 9.98. The second-order valence-electron chi connectivity index (χ2n) is 4.72. The zero-order valence-electron chi connectivity index (χ0n) is 12.8. The van der Waals surface area contributed by atoms with E-state index in [-0.39, 0.29) is 23.7 Å². The molecule has 0 radical (unpaired) electrons. The third-order valence-electron chi connectivity index (χ3n) is 3.62. The van der Waals surface area contributed by atoms with E-state index in [1.165, 1.54) is 27.4 Å². The predicted molar refractivity (Wildman–Crippen MR) is 78.3 cm³/mol. The molecule has 3 rings (SSSR count). The van der Waals surface area contributed by atoms with Gasteiger partial charge >= 0.3 is 5.97 Å². The molecule has 2 aromatic rings. The Morgan fingerprint density at radius 1 is 1.00 bits per heavy atom. The first-order valence-corrected chi connectivity index (χ1v) is 6.73. The van der Waals surface area contributed by atoms with E-state index in [0.717, 1.165) is 0 Å². The molecular formula is C16H14O7. The number of hydrogen-bond donors (Lipinski definition) is 0. The Balaban J connectivity index is 2.39. The maximum atomic E-state index is 12.2. The Bertz CT molecular complexity index is 788. The van der Waals surface area contributed by atoms with Crippen LogP contribution in [0.1, 0.15) is 26.5 Å². The van der Waals surface area contributed by atoms with E-state index in [4.69, 9.17) is 23.4 Å². The average Bonchev–Trinajstić information content (AvgIpc) is 3.19. The van der Waals surface area contributed by atoms with Crippen molar-refractivity contribution in [1.82, 2.24) is 0 Å². The van der Waals surface area contributed by atoms with Gasteiger partial charge in [-0.15, -0.1) is 0 Å². The highest BCUT2D eigenvalue weighted by molar-refractivity contribution is 6.04. The standard InChI is InChI=1S/C16H14O7/c1-19-13-9-7-22-16(18)11(9)12(14(20-2)15(13)21-3)10-5-4-8(6-17)23-10/h4-6H,7H2,1-3H3. The van der Waals surface area contributed by atoms with E-state index in [1.54, 1.807) is 6.07 Å². The Hall–Kier alpha value is -2.96. The first kappa shape index (κ1) is 15.0. The summed E-state index contributed by atoms with van der Waals surface area (Å²) in [4.78, 5) is 23.1. The summed E-state index contributed by atoms with van der Waals surface area (Å²) in [7, 11) is 4.38. The van der Waals surface area contributed by atoms with Crippen LogP contribution in [0.3, 0.4) is 0 Å². The summed E-state index contributed by atoms with van der Waals surface area (Å²) in [6.07, 6.45) is 0.579. The summed E-state index contributed by atoms with van der Waals surface area (Å²) in [5.74, 6) is 0.895. The number of carbonyl (C=O) groups excluding carboxylic acids is 2. The number of rotatable bonds is 5. The molecule has 0 unspecified atom stereocenters. The Morgan fingerprint density at radius 3 is 2.26 bits per heavy atom. The van der Waals surface area contributed by atoms with Crippen molar-refractivity contribution in [3.63, 3.8) is 0 Å². The van der Waals surface area contributed by atoms with Crippen LogP contribution in [0.15, 0.2) is 16.5 Å². The lowest BCUT2D eigenvalue weighted by molar-refractivity contribution is 0.0534. The van der Waals surface area contributed by atoms with Gasteiger partial charge in [0.25, 0.3) is 0 Å². The quantitative estimate of drug-likeness (QED) is 0.618. The molecule has 1 aromatic carbocycles. The van der Waals surface area contributed by atoms with Gasteiger partial charge in [-0.1, -0.05) is 0 Å². The van der Waals surface area contributed by atoms with E-state index in [2.05, 4.69) is 0 Å². The second-order valence-corrected chi connectivity index (χ2v) is 4.72. The van der Waals surface area contributed by atoms with Gasteiger partial charge in [0.1, 0.15) is 12.4 Å². The Kier molecular flexibility index (Phi) is 3.69. The van der Waals surface area contributed by atoms with Gasteiger partial charge in [-0.25, -0.2) is 4.79 Å². The molecule has 0 fully saturated rings. The lowest BCUT2D eigenvalue weighted by Gasteiger charge is -2.18. The molecule has 0 aliphatic carbocycles. The van der Waals surface area contributed by atoms with Crippen LogP contribution in [0.4, 0.5) is 0 Å². The van der Waals surface area contributed by atoms with Crippen molar-refractivity contribution in [3.8, 4) is 28.6 Å². The first-order valence-electron chi connectivity index (χ1n) is 6.73. The molecule has 23 heavy (non-hydrogen) atoms. The van der Waals surface area contributed by atoms with Crippen molar-refractivity contribution >= 4 is 12.3 Å². The van der Waals surface area contributed by atoms with Gasteiger partial charge in [-0.2, -0.15) is 0 Å². The van der Waals surface area contributed by atoms with Crippen LogP contribution < -0.4 is 14.2 Å². The molecule has 7 nitrogen and oxygen atoms in total. The minimum atomic E-state index is -0.515. The van der Waals surface area contributed by atoms with E-state index >= 15 is 0 Å². The number of fused-ring (bicyclic) bond motifs is 1. The van der Waals surface area contributed by atoms with Gasteiger partial charge in [0.15, 0.2) is 23.5 Å². The van der Waals surface area contributed by atoms with E-state index in [1.807, 2.05) is 0 Å². The van der Waals surface area contributed by atoms with Gasteiger partial charge in [0.05, 0.1) is 38.0 Å². The summed E-state index contributed by atoms with van der Waals surface area (Å²) in [6.45, 7) is 0.0614. The minimum Gasteiger partial charge on any atom is -0.492 e. The summed E-state index contributed by atoms with van der Waals surface area (Å²) in [5, 5.41) is 0. The van der Waals surface area contributed by atoms with E-state index in [0.29, 0.717) is 34.7 Å². The normalized spacial score (nSPS) is 12.6. The van der Waals surface area contributed by atoms with Crippen LogP contribution in [0.25, 0.3) is 11.3 Å². The molecule has 0 amide bonds. The van der Waals surface area contributed by atoms with Crippen LogP contribution in [-0.4, -0.2) is 33.6 Å². The largest absolute Gasteiger partial charge is 0.492 e. The molecule has 120 valence electrons. The number of cyclic esters (lactones) is 1. The maximum Gasteiger partial charge on any atom is 0.339 e. The minimum absolute atomic E-state index is 0.0614. The lowest BCUT2D eigenvalue weighted by Crippen LogP contribution is -2.04. The van der Waals surface area contributed by atoms with Crippen molar-refractivity contribution < 1.29 is 33.0 Å². The van der Waals surface area contributed by atoms with Crippen molar-refractivity contribution in [2.75, 3.05) is 21.3 Å². The molecule has 2 heterocycles. The molecule has 1 aliphatic heterocycles. The van der Waals surface area contributed by atoms with Gasteiger partial charge in [-0.05, 0) is 12.1 Å². The zero-order chi connectivity index (χ0) is 16.6. The van der Waals surface area contributed by atoms with Crippen molar-refractivity contribution in [2.24, 2.45) is 0 Å². The number of ether oxygens (including phenoxy) is 4. The Labute approximate surface area is 131 Å². The predicted octanol–water partition coefficient (Wildman–Crippen LogP) is 2.46. The highest BCUT2D eigenvalue weighted by Gasteiger charge is 2.36. The highest BCUT2D eigenvalue weighted by Crippen LogP contribution is 2.51. The number of benzene rings is 1. The molecule has 0 bridgehead atoms. The van der Waals surface area contributed by atoms with Gasteiger partial charge in [0, 0.05) is 0 Å². The molecule has 1 aromatic heterocycles. The molecule has 0 atom stereocenters. The van der Waals surface area contributed by atoms with Crippen LogP contribution in [0.2, 0.25) is 0 Å². The number of aldehydes is 1. The molecule has 0 spiro atoms. The first-order chi connectivity index (χ1) is 11.2. The fraction of sp³-hybridized carbons (Fsp3) is 0.250. The fourth-order valence-corrected chi connectivity index (χ4v) is 2.69. The number of carbonyl (C=O) groups is 2. The number of esters is 1. The average molecular weight is 318 g/mol. The van der Waals surface area contributed by atoms with Crippen LogP contribution in [0.5, 0.6) is 17.2 Å². The van der Waals surface area contributed by atoms with Crippen molar-refractivity contribution in [3.05, 3.63) is 29.0 Å². The van der Waals surface area contributed by atoms with Gasteiger partial charge in [-0.3, -0.25) is 4.79 Å². The summed E-state index contributed by atoms with van der Waals surface area (Å²) in [5.41, 5.74) is 1.20. The summed E-state index contributed by atoms with van der Waals surface area (Å²) < 4.78 is 26.7. The van der Waals surface area contributed by atoms with E-state index in [9.17, 15) is 9.59 Å². The third kappa shape index (κ3) is 2.12. The van der Waals surface area contributed by atoms with Crippen molar-refractivity contribution in [2.45, 2.75) is 6.61 Å². The topological polar surface area (TPSA) is 84.2 Å². The van der Waals surface area contributed by atoms with E-state index < -0.39 is 5.97 Å². The molecule has 0 saturated carbocycles. The SMILES string of the molecule is COc1c2c(c(-c3ccc(C=O)o3)c(OC)c1OC)C(=O)OC2. The van der Waals surface area contributed by atoms with Crippen LogP contribution in [-0.2, 0) is 11.3 Å². The Morgan fingerprint density at radius 2 is 1.70 bits per heavy atom. The molecule has 7 heteroatoms. The number of furan rings is 1. The van der Waals surface area contributed by atoms with Gasteiger partial charge in [0.2, 0.25) is 5.75 Å². The summed E-state index contributed by atoms with van der Waals surface area (Å²) in [6, 6.07) is 3.09. The monoisotopic (exact) mass is 318 g/mol. The number of hydrogen-bond acceptors (Lipinski definition) is 7. The van der Waals surface area contributed by atoms with Crippen molar-refractivity contribution in [1.29, 1.82) is 0 Å². The fourth-order valence-electron chi connectivity index (χ4n) is 2.69. The smallest absolute Gasteiger partial charge is 0.339 e. The summed E-state index contributed by atoms with van der Waals surface area (Å²) >= 11 is 0. The molecule has 0 N–H and O–H groups in total. The zero-order valence-corrected chi connectivity index (χ0v) is 12.8. The molecule has 0 saturated heterocycles. The third-order valence-corrected chi connectivity index (χ3v) is 3.62. The maximum absolute atomic E-state index is 12.2. The number of methoxy groups -OCH3 is 3. The van der Waals surface area contributed by atoms with Crippen LogP contribution in [0, 0.1) is 0 Å². The highest BCUT2D eigenvalue weighted by atomic mass is 16.5. The molecule has 1 aliphatic rings.